The van der Waals surface area contributed by atoms with Crippen LogP contribution in [0.3, 0.4) is 0 Å². The van der Waals surface area contributed by atoms with E-state index in [2.05, 4.69) is 5.92 Å². The number of ether oxygens (including phenoxy) is 5. The zero-order valence-electron chi connectivity index (χ0n) is 32.3. The van der Waals surface area contributed by atoms with E-state index in [0.29, 0.717) is 45.8 Å². The topological polar surface area (TPSA) is 127 Å². The smallest absolute Gasteiger partial charge is 0.320 e. The number of hydrogen-bond donors (Lipinski definition) is 0. The summed E-state index contributed by atoms with van der Waals surface area (Å²) in [6, 6.07) is -0.398. The molecule has 282 valence electrons. The predicted octanol–water partition coefficient (Wildman–Crippen LogP) is 2.59. The molecule has 1 aliphatic rings. The summed E-state index contributed by atoms with van der Waals surface area (Å²) in [6.45, 7) is 24.7. The van der Waals surface area contributed by atoms with E-state index < -0.39 is 40.4 Å². The van der Waals surface area contributed by atoms with Crippen LogP contribution in [0.15, 0.2) is 0 Å². The lowest BCUT2D eigenvalue weighted by Crippen LogP contribution is -2.55. The summed E-state index contributed by atoms with van der Waals surface area (Å²) in [5.74, 6) is 0.921. The second kappa shape index (κ2) is 19.6. The molecule has 1 aliphatic heterocycles. The number of carbonyl (C=O) groups excluding carboxylic acids is 4. The van der Waals surface area contributed by atoms with E-state index in [1.807, 2.05) is 103 Å². The average Bonchev–Trinajstić information content (AvgIpc) is 2.86. The predicted molar refractivity (Wildman–Crippen MR) is 188 cm³/mol. The quantitative estimate of drug-likeness (QED) is 0.136. The van der Waals surface area contributed by atoms with E-state index in [0.717, 1.165) is 0 Å². The van der Waals surface area contributed by atoms with Crippen molar-refractivity contribution >= 4 is 23.9 Å². The van der Waals surface area contributed by atoms with E-state index >= 15 is 0 Å². The number of rotatable bonds is 11. The third-order valence-electron chi connectivity index (χ3n) is 6.72. The highest BCUT2D eigenvalue weighted by Crippen LogP contribution is 2.14. The molecular formula is C36H64N4O9. The molecule has 0 bridgehead atoms. The van der Waals surface area contributed by atoms with Gasteiger partial charge < -0.3 is 23.7 Å². The van der Waals surface area contributed by atoms with E-state index in [4.69, 9.17) is 30.1 Å². The van der Waals surface area contributed by atoms with E-state index in [1.54, 1.807) is 0 Å². The third kappa shape index (κ3) is 22.6. The normalized spacial score (nSPS) is 18.8. The Balaban J connectivity index is 3.55. The summed E-state index contributed by atoms with van der Waals surface area (Å²) >= 11 is 0. The van der Waals surface area contributed by atoms with Crippen molar-refractivity contribution in [1.29, 1.82) is 0 Å². The highest BCUT2D eigenvalue weighted by Gasteiger charge is 2.31. The van der Waals surface area contributed by atoms with Gasteiger partial charge in [0.25, 0.3) is 0 Å². The molecule has 0 spiro atoms. The van der Waals surface area contributed by atoms with Crippen molar-refractivity contribution in [3.05, 3.63) is 0 Å². The van der Waals surface area contributed by atoms with Gasteiger partial charge in [0.1, 0.15) is 29.0 Å². The number of terminal acetylenes is 1. The van der Waals surface area contributed by atoms with Gasteiger partial charge in [0.05, 0.1) is 32.8 Å². The number of nitrogens with zero attached hydrogens (tertiary/aromatic N) is 4. The summed E-state index contributed by atoms with van der Waals surface area (Å²) in [5.41, 5.74) is -2.69. The SMILES string of the molecule is C#CCOCC1CN(CC(=O)OC(C)(C)C)CCN(CC(=O)OC(C)(C)C)CCN(CC(=O)OC(C)(C)C)CCN1CC(=O)OC(C)(C)C. The van der Waals surface area contributed by atoms with Crippen molar-refractivity contribution in [2.45, 2.75) is 112 Å². The Kier molecular flexibility index (Phi) is 17.7. The van der Waals surface area contributed by atoms with Crippen LogP contribution in [0.5, 0.6) is 0 Å². The fraction of sp³-hybridized carbons (Fsp3) is 0.833. The summed E-state index contributed by atoms with van der Waals surface area (Å²) < 4.78 is 28.4. The molecule has 0 aromatic carbocycles. The summed E-state index contributed by atoms with van der Waals surface area (Å²) in [5, 5.41) is 0. The van der Waals surface area contributed by atoms with Gasteiger partial charge in [-0.2, -0.15) is 0 Å². The first-order chi connectivity index (χ1) is 22.3. The summed E-state index contributed by atoms with van der Waals surface area (Å²) in [7, 11) is 0. The molecule has 49 heavy (non-hydrogen) atoms. The monoisotopic (exact) mass is 696 g/mol. The van der Waals surface area contributed by atoms with Crippen molar-refractivity contribution < 1.29 is 42.9 Å². The van der Waals surface area contributed by atoms with Gasteiger partial charge in [0.2, 0.25) is 0 Å². The molecular weight excluding hydrogens is 632 g/mol. The Morgan fingerprint density at radius 3 is 1.24 bits per heavy atom. The van der Waals surface area contributed by atoms with Gasteiger partial charge in [-0.15, -0.1) is 6.42 Å². The summed E-state index contributed by atoms with van der Waals surface area (Å²) in [6.07, 6.45) is 5.49. The van der Waals surface area contributed by atoms with Gasteiger partial charge >= 0.3 is 23.9 Å². The molecule has 0 aromatic heterocycles. The maximum atomic E-state index is 13.2. The molecule has 13 nitrogen and oxygen atoms in total. The first-order valence-electron chi connectivity index (χ1n) is 17.1. The zero-order valence-corrected chi connectivity index (χ0v) is 32.3. The van der Waals surface area contributed by atoms with Gasteiger partial charge in [0, 0.05) is 51.9 Å². The minimum absolute atomic E-state index is 0.0147. The molecule has 0 aromatic rings. The fourth-order valence-corrected chi connectivity index (χ4v) is 5.04. The molecule has 0 amide bonds. The van der Waals surface area contributed by atoms with Gasteiger partial charge in [-0.05, 0) is 83.1 Å². The second-order valence-electron chi connectivity index (χ2n) is 16.5. The van der Waals surface area contributed by atoms with Crippen LogP contribution in [-0.4, -0.2) is 157 Å². The Morgan fingerprint density at radius 1 is 0.551 bits per heavy atom. The Morgan fingerprint density at radius 2 is 0.878 bits per heavy atom. The van der Waals surface area contributed by atoms with Crippen molar-refractivity contribution in [2.24, 2.45) is 0 Å². The molecule has 1 atom stereocenters. The maximum absolute atomic E-state index is 13.2. The second-order valence-corrected chi connectivity index (χ2v) is 16.5. The highest BCUT2D eigenvalue weighted by molar-refractivity contribution is 5.73. The molecule has 0 saturated carbocycles. The minimum Gasteiger partial charge on any atom is -0.459 e. The standard InChI is InChI=1S/C36H64N4O9/c1-14-21-45-27-28-22-39(25-31(43)48-35(8,9)10)18-17-37(23-29(41)46-33(2,3)4)15-16-38(24-30(42)47-34(5,6)7)19-20-40(28)26-32(44)49-36(11,12)13/h1,28H,15-27H2,2-13H3. The Bertz CT molecular complexity index is 1110. The lowest BCUT2D eigenvalue weighted by molar-refractivity contribution is -0.160. The number of esters is 4. The first kappa shape index (κ1) is 44.3. The molecule has 1 fully saturated rings. The molecule has 0 N–H and O–H groups in total. The van der Waals surface area contributed by atoms with Gasteiger partial charge in [-0.25, -0.2) is 0 Å². The molecule has 1 unspecified atom stereocenters. The lowest BCUT2D eigenvalue weighted by Gasteiger charge is -2.38. The van der Waals surface area contributed by atoms with Crippen LogP contribution in [0, 0.1) is 12.3 Å². The molecule has 1 heterocycles. The van der Waals surface area contributed by atoms with Gasteiger partial charge in [0.15, 0.2) is 0 Å². The zero-order chi connectivity index (χ0) is 37.6. The van der Waals surface area contributed by atoms with Crippen molar-refractivity contribution in [3.63, 3.8) is 0 Å². The highest BCUT2D eigenvalue weighted by atomic mass is 16.6. The van der Waals surface area contributed by atoms with Crippen LogP contribution in [0.2, 0.25) is 0 Å². The Hall–Kier alpha value is -2.76. The largest absolute Gasteiger partial charge is 0.459 e. The van der Waals surface area contributed by atoms with Crippen LogP contribution < -0.4 is 0 Å². The first-order valence-corrected chi connectivity index (χ1v) is 17.1. The molecule has 1 saturated heterocycles. The van der Waals surface area contributed by atoms with E-state index in [1.165, 1.54) is 0 Å². The molecule has 0 radical (unpaired) electrons. The van der Waals surface area contributed by atoms with Gasteiger partial charge in [-0.3, -0.25) is 38.8 Å². The maximum Gasteiger partial charge on any atom is 0.320 e. The van der Waals surface area contributed by atoms with Crippen molar-refractivity contribution in [3.8, 4) is 12.3 Å². The summed E-state index contributed by atoms with van der Waals surface area (Å²) in [4.78, 5) is 60.0. The number of hydrogen-bond acceptors (Lipinski definition) is 13. The van der Waals surface area contributed by atoms with Crippen LogP contribution >= 0.6 is 0 Å². The molecule has 13 heteroatoms. The van der Waals surface area contributed by atoms with Crippen molar-refractivity contribution in [2.75, 3.05) is 85.2 Å². The van der Waals surface area contributed by atoms with E-state index in [9.17, 15) is 19.2 Å². The Labute approximate surface area is 295 Å². The lowest BCUT2D eigenvalue weighted by atomic mass is 10.2. The van der Waals surface area contributed by atoms with E-state index in [-0.39, 0.29) is 51.3 Å². The van der Waals surface area contributed by atoms with Crippen molar-refractivity contribution in [1.82, 2.24) is 19.6 Å². The van der Waals surface area contributed by atoms with Crippen LogP contribution in [0.25, 0.3) is 0 Å². The fourth-order valence-electron chi connectivity index (χ4n) is 5.04. The average molecular weight is 697 g/mol. The molecule has 0 aliphatic carbocycles. The van der Waals surface area contributed by atoms with Crippen LogP contribution in [0.4, 0.5) is 0 Å². The number of carbonyl (C=O) groups is 4. The third-order valence-corrected chi connectivity index (χ3v) is 6.72. The van der Waals surface area contributed by atoms with Crippen LogP contribution in [0.1, 0.15) is 83.1 Å². The molecule has 1 rings (SSSR count). The van der Waals surface area contributed by atoms with Crippen LogP contribution in [-0.2, 0) is 42.9 Å². The minimum atomic E-state index is -0.692. The van der Waals surface area contributed by atoms with Gasteiger partial charge in [-0.1, -0.05) is 5.92 Å².